The second kappa shape index (κ2) is 7.14. The Kier molecular flexibility index (Phi) is 5.79. The van der Waals surface area contributed by atoms with Gasteiger partial charge in [0.2, 0.25) is 0 Å². The topological polar surface area (TPSA) is 161 Å². The van der Waals surface area contributed by atoms with E-state index in [-0.39, 0.29) is 12.1 Å². The lowest BCUT2D eigenvalue weighted by molar-refractivity contribution is -0.165. The molecule has 2 rings (SSSR count). The van der Waals surface area contributed by atoms with E-state index in [1.54, 1.807) is 0 Å². The molecule has 1 aromatic rings. The molecule has 0 amide bonds. The Hall–Kier alpha value is -2.00. The zero-order valence-corrected chi connectivity index (χ0v) is 11.0. The number of aliphatic hydroxyl groups excluding tert-OH is 3. The molecule has 0 saturated heterocycles. The molecule has 0 saturated carbocycles. The Morgan fingerprint density at radius 2 is 1.57 bits per heavy atom. The zero-order chi connectivity index (χ0) is 16.2. The van der Waals surface area contributed by atoms with E-state index >= 15 is 0 Å². The third kappa shape index (κ3) is 4.23. The Bertz CT molecular complexity index is 501. The molecule has 1 aliphatic rings. The van der Waals surface area contributed by atoms with E-state index in [4.69, 9.17) is 26.2 Å². The van der Waals surface area contributed by atoms with Crippen LogP contribution in [0.5, 0.6) is 0 Å². The molecule has 8 heteroatoms. The van der Waals surface area contributed by atoms with Gasteiger partial charge in [0.15, 0.2) is 12.2 Å². The van der Waals surface area contributed by atoms with Crippen LogP contribution in [-0.2, 0) is 16.0 Å². The largest absolute Gasteiger partial charge is 0.479 e. The maximum atomic E-state index is 9.77. The number of aliphatic hydroxyl groups is 3. The monoisotopic (exact) mass is 299 g/mol. The zero-order valence-electron chi connectivity index (χ0n) is 11.0. The average Bonchev–Trinajstić information content (AvgIpc) is 2.73. The molecule has 4 unspecified atom stereocenters. The van der Waals surface area contributed by atoms with Gasteiger partial charge in [-0.15, -0.1) is 0 Å². The van der Waals surface area contributed by atoms with Crippen molar-refractivity contribution in [3.8, 4) is 0 Å². The van der Waals surface area contributed by atoms with Crippen LogP contribution in [0.4, 0.5) is 0 Å². The molecule has 0 spiro atoms. The number of hydrogen-bond acceptors (Lipinski definition) is 6. The molecule has 0 aromatic heterocycles. The molecule has 0 aliphatic heterocycles. The molecule has 0 fully saturated rings. The molecule has 116 valence electrons. The number of rotatable bonds is 3. The van der Waals surface area contributed by atoms with Crippen molar-refractivity contribution in [3.05, 3.63) is 35.4 Å². The van der Waals surface area contributed by atoms with Gasteiger partial charge in [0.05, 0.1) is 12.1 Å². The minimum Gasteiger partial charge on any atom is -0.479 e. The van der Waals surface area contributed by atoms with Gasteiger partial charge in [-0.05, 0) is 11.1 Å². The fourth-order valence-corrected chi connectivity index (χ4v) is 1.87. The molecule has 0 bridgehead atoms. The summed E-state index contributed by atoms with van der Waals surface area (Å²) in [6.07, 6.45) is -4.21. The number of aliphatic carboxylic acids is 2. The van der Waals surface area contributed by atoms with Gasteiger partial charge in [-0.25, -0.2) is 9.59 Å². The second-order valence-electron chi connectivity index (χ2n) is 4.56. The first-order chi connectivity index (χ1) is 9.75. The highest BCUT2D eigenvalue weighted by Gasteiger charge is 2.29. The van der Waals surface area contributed by atoms with Crippen molar-refractivity contribution in [2.45, 2.75) is 30.8 Å². The molecule has 0 heterocycles. The smallest absolute Gasteiger partial charge is 0.335 e. The summed E-state index contributed by atoms with van der Waals surface area (Å²) >= 11 is 0. The van der Waals surface area contributed by atoms with E-state index in [1.807, 2.05) is 24.3 Å². The molecule has 1 aliphatic carbocycles. The van der Waals surface area contributed by atoms with E-state index in [2.05, 4.69) is 0 Å². The number of carboxylic acids is 2. The van der Waals surface area contributed by atoms with Gasteiger partial charge in [-0.3, -0.25) is 0 Å². The lowest BCUT2D eigenvalue weighted by atomic mass is 10.1. The Morgan fingerprint density at radius 3 is 2.00 bits per heavy atom. The lowest BCUT2D eigenvalue weighted by Gasteiger charge is -2.07. The summed E-state index contributed by atoms with van der Waals surface area (Å²) in [7, 11) is 0. The van der Waals surface area contributed by atoms with Gasteiger partial charge in [-0.2, -0.15) is 0 Å². The third-order valence-electron chi connectivity index (χ3n) is 3.06. The van der Waals surface area contributed by atoms with Gasteiger partial charge in [-0.1, -0.05) is 24.3 Å². The first kappa shape index (κ1) is 17.1. The summed E-state index contributed by atoms with van der Waals surface area (Å²) in [6.45, 7) is 0. The quantitative estimate of drug-likeness (QED) is 0.392. The number of fused-ring (bicyclic) bond motifs is 1. The van der Waals surface area contributed by atoms with Crippen LogP contribution in [0.3, 0.4) is 0 Å². The van der Waals surface area contributed by atoms with Crippen LogP contribution in [0, 0.1) is 0 Å². The van der Waals surface area contributed by atoms with Crippen LogP contribution in [0.15, 0.2) is 24.3 Å². The van der Waals surface area contributed by atoms with Gasteiger partial charge >= 0.3 is 11.9 Å². The van der Waals surface area contributed by atoms with Crippen molar-refractivity contribution >= 4 is 11.9 Å². The normalized spacial score (nSPS) is 22.5. The first-order valence-corrected chi connectivity index (χ1v) is 6.09. The van der Waals surface area contributed by atoms with Crippen molar-refractivity contribution in [3.63, 3.8) is 0 Å². The minimum atomic E-state index is -2.27. The number of nitrogens with two attached hydrogens (primary N) is 1. The predicted octanol–water partition coefficient (Wildman–Crippen LogP) is -1.52. The molecule has 4 atom stereocenters. The highest BCUT2D eigenvalue weighted by Crippen LogP contribution is 2.28. The van der Waals surface area contributed by atoms with Crippen molar-refractivity contribution in [2.24, 2.45) is 5.73 Å². The fraction of sp³-hybridized carbons (Fsp3) is 0.385. The third-order valence-corrected chi connectivity index (χ3v) is 3.06. The highest BCUT2D eigenvalue weighted by atomic mass is 16.4. The predicted molar refractivity (Wildman–Crippen MR) is 70.4 cm³/mol. The summed E-state index contributed by atoms with van der Waals surface area (Å²) in [5, 5.41) is 41.9. The maximum Gasteiger partial charge on any atom is 0.335 e. The molecule has 8 nitrogen and oxygen atoms in total. The summed E-state index contributed by atoms with van der Waals surface area (Å²) in [4.78, 5) is 19.5. The molecular formula is C13H17NO7. The summed E-state index contributed by atoms with van der Waals surface area (Å²) in [6, 6.07) is 7.76. The molecule has 1 aromatic carbocycles. The maximum absolute atomic E-state index is 9.77. The minimum absolute atomic E-state index is 0.175. The van der Waals surface area contributed by atoms with E-state index in [1.165, 1.54) is 5.56 Å². The van der Waals surface area contributed by atoms with Crippen molar-refractivity contribution in [1.82, 2.24) is 0 Å². The fourth-order valence-electron chi connectivity index (χ4n) is 1.87. The number of benzene rings is 1. The van der Waals surface area contributed by atoms with Crippen molar-refractivity contribution < 1.29 is 35.1 Å². The number of hydrogen-bond donors (Lipinski definition) is 6. The van der Waals surface area contributed by atoms with Crippen LogP contribution in [0.1, 0.15) is 17.2 Å². The summed E-state index contributed by atoms with van der Waals surface area (Å²) in [5.41, 5.74) is 8.02. The van der Waals surface area contributed by atoms with E-state index < -0.39 is 24.1 Å². The van der Waals surface area contributed by atoms with Crippen molar-refractivity contribution in [1.29, 1.82) is 0 Å². The van der Waals surface area contributed by atoms with E-state index in [0.717, 1.165) is 5.56 Å². The van der Waals surface area contributed by atoms with E-state index in [0.29, 0.717) is 6.42 Å². The molecule has 21 heavy (non-hydrogen) atoms. The van der Waals surface area contributed by atoms with Gasteiger partial charge in [0.1, 0.15) is 0 Å². The molecule has 0 radical (unpaired) electrons. The van der Waals surface area contributed by atoms with Gasteiger partial charge in [0.25, 0.3) is 0 Å². The average molecular weight is 299 g/mol. The SMILES string of the molecule is NC1c2ccccc2CC1O.O=C(O)C(O)C(O)C(=O)O. The van der Waals surface area contributed by atoms with Crippen LogP contribution < -0.4 is 5.73 Å². The Balaban J connectivity index is 0.000000212. The molecular weight excluding hydrogens is 282 g/mol. The second-order valence-corrected chi connectivity index (χ2v) is 4.56. The van der Waals surface area contributed by atoms with E-state index in [9.17, 15) is 14.7 Å². The summed E-state index contributed by atoms with van der Waals surface area (Å²) < 4.78 is 0. The standard InChI is InChI=1S/C9H11NO.C4H6O6/c10-9-7-4-2-1-3-6(7)5-8(9)11;5-1(3(7)8)2(6)4(9)10/h1-4,8-9,11H,5,10H2;1-2,5-6H,(H,7,8)(H,9,10). The van der Waals surface area contributed by atoms with Crippen LogP contribution in [0.2, 0.25) is 0 Å². The number of carbonyl (C=O) groups is 2. The van der Waals surface area contributed by atoms with Crippen LogP contribution in [-0.4, -0.2) is 55.8 Å². The first-order valence-electron chi connectivity index (χ1n) is 6.09. The van der Waals surface area contributed by atoms with Crippen LogP contribution in [0.25, 0.3) is 0 Å². The lowest BCUT2D eigenvalue weighted by Crippen LogP contribution is -2.39. The van der Waals surface area contributed by atoms with Gasteiger partial charge in [0, 0.05) is 6.42 Å². The number of carboxylic acid groups (broad SMARTS) is 2. The Morgan fingerprint density at radius 1 is 1.10 bits per heavy atom. The van der Waals surface area contributed by atoms with Crippen LogP contribution >= 0.6 is 0 Å². The Labute approximate surface area is 120 Å². The molecule has 7 N–H and O–H groups in total. The van der Waals surface area contributed by atoms with Gasteiger partial charge < -0.3 is 31.3 Å². The summed E-state index contributed by atoms with van der Waals surface area (Å²) in [5.74, 6) is -3.54. The van der Waals surface area contributed by atoms with Crippen molar-refractivity contribution in [2.75, 3.05) is 0 Å². The highest BCUT2D eigenvalue weighted by molar-refractivity contribution is 5.83.